The monoisotopic (exact) mass is 728 g/mol. The van der Waals surface area contributed by atoms with Gasteiger partial charge in [-0.1, -0.05) is 84.9 Å². The standard InChI is InChI=1S/C46H32N8O2/c55-43-35-37(41(49-29-17-5-1-6-18-29)45(51-31-21-9-3-10-22-31)53-39(35)33-25-13-15-27-47-33)44(56)38-36(43)40(34-26-14-16-28-48-34)54-46(52-32-23-11-4-12-24-32)42(38)50-30-19-7-2-8-20-30/h1-28,49-50H,(H,51,53)(H,52,54). The molecule has 0 amide bonds. The maximum absolute atomic E-state index is 15.9. The zero-order valence-corrected chi connectivity index (χ0v) is 29.8. The number of carbonyl (C=O) groups is 2. The van der Waals surface area contributed by atoms with Crippen LogP contribution in [0.2, 0.25) is 0 Å². The van der Waals surface area contributed by atoms with Crippen LogP contribution in [0, 0.1) is 0 Å². The van der Waals surface area contributed by atoms with Crippen molar-refractivity contribution in [3.63, 3.8) is 0 Å². The van der Waals surface area contributed by atoms with E-state index < -0.39 is 11.6 Å². The van der Waals surface area contributed by atoms with E-state index in [0.29, 0.717) is 45.8 Å². The number of anilines is 8. The van der Waals surface area contributed by atoms with Crippen LogP contribution in [0.1, 0.15) is 31.8 Å². The first-order valence-corrected chi connectivity index (χ1v) is 18.0. The van der Waals surface area contributed by atoms with E-state index in [-0.39, 0.29) is 33.6 Å². The van der Waals surface area contributed by atoms with Gasteiger partial charge < -0.3 is 21.3 Å². The predicted molar refractivity (Wildman–Crippen MR) is 221 cm³/mol. The molecule has 0 saturated carbocycles. The lowest BCUT2D eigenvalue weighted by atomic mass is 9.79. The van der Waals surface area contributed by atoms with Crippen molar-refractivity contribution >= 4 is 57.3 Å². The van der Waals surface area contributed by atoms with Gasteiger partial charge in [0, 0.05) is 35.1 Å². The highest BCUT2D eigenvalue weighted by Gasteiger charge is 2.42. The maximum atomic E-state index is 15.9. The first kappa shape index (κ1) is 33.8. The Kier molecular flexibility index (Phi) is 8.94. The summed E-state index contributed by atoms with van der Waals surface area (Å²) in [5.41, 5.74) is 5.36. The van der Waals surface area contributed by atoms with Crippen LogP contribution in [0.3, 0.4) is 0 Å². The Bertz CT molecular complexity index is 2510. The van der Waals surface area contributed by atoms with Gasteiger partial charge in [-0.15, -0.1) is 0 Å². The number of ketones is 2. The molecule has 0 spiro atoms. The molecule has 8 aromatic rings. The molecule has 0 radical (unpaired) electrons. The third-order valence-corrected chi connectivity index (χ3v) is 9.28. The summed E-state index contributed by atoms with van der Waals surface area (Å²) in [6.45, 7) is 0. The largest absolute Gasteiger partial charge is 0.352 e. The molecule has 1 aliphatic rings. The van der Waals surface area contributed by atoms with Gasteiger partial charge in [-0.2, -0.15) is 0 Å². The number of rotatable bonds is 10. The molecule has 10 heteroatoms. The zero-order chi connectivity index (χ0) is 37.8. The van der Waals surface area contributed by atoms with Crippen molar-refractivity contribution in [2.45, 2.75) is 0 Å². The van der Waals surface area contributed by atoms with Crippen LogP contribution < -0.4 is 21.3 Å². The maximum Gasteiger partial charge on any atom is 0.199 e. The van der Waals surface area contributed by atoms with Gasteiger partial charge in [0.25, 0.3) is 0 Å². The van der Waals surface area contributed by atoms with E-state index in [1.165, 1.54) is 0 Å². The Morgan fingerprint density at radius 2 is 0.661 bits per heavy atom. The molecular weight excluding hydrogens is 697 g/mol. The number of benzene rings is 4. The SMILES string of the molecule is O=C1c2c(-c3ccccn3)nc(Nc3ccccc3)c(Nc3ccccc3)c2C(=O)c2c(Nc3ccccc3)c(Nc3ccccc3)nc(-c3ccccn3)c21. The van der Waals surface area contributed by atoms with Crippen molar-refractivity contribution < 1.29 is 9.59 Å². The molecule has 4 N–H and O–H groups in total. The molecule has 4 heterocycles. The number of nitrogens with zero attached hydrogens (tertiary/aromatic N) is 4. The van der Waals surface area contributed by atoms with Crippen molar-refractivity contribution in [1.82, 2.24) is 19.9 Å². The third kappa shape index (κ3) is 6.48. The van der Waals surface area contributed by atoms with Crippen LogP contribution in [0.15, 0.2) is 170 Å². The summed E-state index contributed by atoms with van der Waals surface area (Å²) in [6, 6.07) is 48.8. The summed E-state index contributed by atoms with van der Waals surface area (Å²) in [5, 5.41) is 13.8. The number of hydrogen-bond donors (Lipinski definition) is 4. The quantitative estimate of drug-likeness (QED) is 0.108. The minimum atomic E-state index is -0.444. The van der Waals surface area contributed by atoms with Crippen LogP contribution >= 0.6 is 0 Å². The van der Waals surface area contributed by atoms with Gasteiger partial charge in [0.15, 0.2) is 23.2 Å². The highest BCUT2D eigenvalue weighted by Crippen LogP contribution is 2.47. The predicted octanol–water partition coefficient (Wildman–Crippen LogP) is 10.4. The minimum Gasteiger partial charge on any atom is -0.352 e. The molecule has 10 nitrogen and oxygen atoms in total. The second kappa shape index (κ2) is 14.8. The van der Waals surface area contributed by atoms with Crippen molar-refractivity contribution in [3.8, 4) is 22.8 Å². The molecule has 4 aromatic carbocycles. The molecule has 0 atom stereocenters. The Hall–Kier alpha value is -7.98. The number of pyridine rings is 4. The molecule has 0 aliphatic heterocycles. The fourth-order valence-electron chi connectivity index (χ4n) is 6.77. The van der Waals surface area contributed by atoms with Crippen molar-refractivity contribution in [2.24, 2.45) is 0 Å². The lowest BCUT2D eigenvalue weighted by Gasteiger charge is -2.29. The van der Waals surface area contributed by atoms with Gasteiger partial charge in [0.1, 0.15) is 11.4 Å². The van der Waals surface area contributed by atoms with Crippen LogP contribution in [0.25, 0.3) is 22.8 Å². The molecule has 56 heavy (non-hydrogen) atoms. The van der Waals surface area contributed by atoms with Gasteiger partial charge in [0.2, 0.25) is 0 Å². The molecule has 0 saturated heterocycles. The average molecular weight is 729 g/mol. The zero-order valence-electron chi connectivity index (χ0n) is 29.8. The van der Waals surface area contributed by atoms with Crippen LogP contribution in [0.5, 0.6) is 0 Å². The molecule has 0 unspecified atom stereocenters. The van der Waals surface area contributed by atoms with Crippen LogP contribution in [-0.4, -0.2) is 31.5 Å². The molecule has 268 valence electrons. The van der Waals surface area contributed by atoms with Crippen LogP contribution in [0.4, 0.5) is 45.8 Å². The van der Waals surface area contributed by atoms with Crippen molar-refractivity contribution in [3.05, 3.63) is 192 Å². The van der Waals surface area contributed by atoms with E-state index in [9.17, 15) is 0 Å². The molecule has 0 fully saturated rings. The van der Waals surface area contributed by atoms with E-state index in [1.54, 1.807) is 36.7 Å². The highest BCUT2D eigenvalue weighted by atomic mass is 16.1. The Balaban J connectivity index is 1.38. The summed E-state index contributed by atoms with van der Waals surface area (Å²) in [6.07, 6.45) is 3.27. The van der Waals surface area contributed by atoms with Gasteiger partial charge in [-0.25, -0.2) is 9.97 Å². The Morgan fingerprint density at radius 1 is 0.339 bits per heavy atom. The number of aromatic nitrogens is 4. The summed E-state index contributed by atoms with van der Waals surface area (Å²) < 4.78 is 0. The third-order valence-electron chi connectivity index (χ3n) is 9.28. The van der Waals surface area contributed by atoms with Gasteiger partial charge in [0.05, 0.1) is 45.0 Å². The molecule has 4 aromatic heterocycles. The van der Waals surface area contributed by atoms with Gasteiger partial charge in [-0.05, 0) is 72.8 Å². The second-order valence-corrected chi connectivity index (χ2v) is 12.9. The first-order valence-electron chi connectivity index (χ1n) is 18.0. The molecule has 1 aliphatic carbocycles. The number of nitrogens with one attached hydrogen (secondary N) is 4. The summed E-state index contributed by atoms with van der Waals surface area (Å²) in [4.78, 5) is 50.9. The Morgan fingerprint density at radius 3 is 1.00 bits per heavy atom. The van der Waals surface area contributed by atoms with E-state index in [4.69, 9.17) is 9.97 Å². The normalized spacial score (nSPS) is 11.6. The Labute approximate surface area is 322 Å². The summed E-state index contributed by atoms with van der Waals surface area (Å²) in [7, 11) is 0. The topological polar surface area (TPSA) is 134 Å². The smallest absolute Gasteiger partial charge is 0.199 e. The first-order chi connectivity index (χ1) is 27.6. The number of fused-ring (bicyclic) bond motifs is 2. The van der Waals surface area contributed by atoms with E-state index in [2.05, 4.69) is 31.2 Å². The second-order valence-electron chi connectivity index (χ2n) is 12.9. The van der Waals surface area contributed by atoms with Crippen molar-refractivity contribution in [2.75, 3.05) is 21.3 Å². The fourth-order valence-corrected chi connectivity index (χ4v) is 6.77. The van der Waals surface area contributed by atoms with E-state index in [0.717, 1.165) is 11.4 Å². The van der Waals surface area contributed by atoms with Gasteiger partial charge in [-0.3, -0.25) is 19.6 Å². The van der Waals surface area contributed by atoms with Crippen molar-refractivity contribution in [1.29, 1.82) is 0 Å². The average Bonchev–Trinajstić information content (AvgIpc) is 3.25. The molecular formula is C46H32N8O2. The van der Waals surface area contributed by atoms with E-state index >= 15 is 9.59 Å². The number of carbonyl (C=O) groups excluding carboxylic acids is 2. The molecule has 0 bridgehead atoms. The van der Waals surface area contributed by atoms with Gasteiger partial charge >= 0.3 is 0 Å². The summed E-state index contributed by atoms with van der Waals surface area (Å²) >= 11 is 0. The highest BCUT2D eigenvalue weighted by molar-refractivity contribution is 6.36. The summed E-state index contributed by atoms with van der Waals surface area (Å²) in [5.74, 6) is -0.190. The van der Waals surface area contributed by atoms with Crippen LogP contribution in [-0.2, 0) is 0 Å². The number of hydrogen-bond acceptors (Lipinski definition) is 10. The lowest BCUT2D eigenvalue weighted by molar-refractivity contribution is 0.0980. The molecule has 9 rings (SSSR count). The number of para-hydroxylation sites is 4. The minimum absolute atomic E-state index is 0.103. The lowest BCUT2D eigenvalue weighted by Crippen LogP contribution is -2.28. The van der Waals surface area contributed by atoms with E-state index in [1.807, 2.05) is 133 Å². The fraction of sp³-hybridized carbons (Fsp3) is 0.